The molecule has 0 spiro atoms. The van der Waals surface area contributed by atoms with Crippen LogP contribution in [-0.4, -0.2) is 61.9 Å². The molecular formula is C19H27ClN4O2S+2. The number of halogens is 1. The van der Waals surface area contributed by atoms with Crippen molar-refractivity contribution in [2.45, 2.75) is 25.9 Å². The second kappa shape index (κ2) is 7.54. The van der Waals surface area contributed by atoms with Gasteiger partial charge in [0, 0.05) is 6.42 Å². The van der Waals surface area contributed by atoms with Gasteiger partial charge in [0.1, 0.15) is 49.7 Å². The van der Waals surface area contributed by atoms with Gasteiger partial charge in [-0.05, 0) is 19.1 Å². The van der Waals surface area contributed by atoms with Crippen LogP contribution in [0.15, 0.2) is 30.3 Å². The lowest BCUT2D eigenvalue weighted by atomic mass is 10.1. The van der Waals surface area contributed by atoms with Gasteiger partial charge in [0.05, 0.1) is 22.7 Å². The van der Waals surface area contributed by atoms with Crippen molar-refractivity contribution >= 4 is 21.4 Å². The minimum Gasteiger partial charge on any atom is -0.322 e. The van der Waals surface area contributed by atoms with Crippen LogP contribution < -0.4 is 9.80 Å². The number of nitrogens with zero attached hydrogens (tertiary/aromatic N) is 2. The highest BCUT2D eigenvalue weighted by atomic mass is 35.5. The van der Waals surface area contributed by atoms with Crippen molar-refractivity contribution < 1.29 is 18.2 Å². The molecule has 4 rings (SSSR count). The number of sulfone groups is 1. The molecule has 8 heteroatoms. The van der Waals surface area contributed by atoms with Crippen molar-refractivity contribution in [2.24, 2.45) is 0 Å². The topological polar surface area (TPSA) is 60.8 Å². The molecule has 6 nitrogen and oxygen atoms in total. The highest BCUT2D eigenvalue weighted by molar-refractivity contribution is 7.91. The molecule has 2 aliphatic rings. The molecule has 146 valence electrons. The summed E-state index contributed by atoms with van der Waals surface area (Å²) < 4.78 is 25.3. The van der Waals surface area contributed by atoms with Gasteiger partial charge in [0.2, 0.25) is 0 Å². The molecule has 2 fully saturated rings. The Balaban J connectivity index is 1.40. The number of aryl methyl sites for hydroxylation is 1. The summed E-state index contributed by atoms with van der Waals surface area (Å²) in [4.78, 5) is 2.96. The van der Waals surface area contributed by atoms with E-state index in [0.717, 1.165) is 56.1 Å². The van der Waals surface area contributed by atoms with Crippen LogP contribution in [-0.2, 0) is 16.4 Å². The molecule has 0 unspecified atom stereocenters. The Morgan fingerprint density at radius 2 is 1.89 bits per heavy atom. The Morgan fingerprint density at radius 3 is 2.52 bits per heavy atom. The Hall–Kier alpha value is -1.41. The number of aromatic nitrogens is 2. The highest BCUT2D eigenvalue weighted by Gasteiger charge is 2.38. The first-order valence-electron chi connectivity index (χ1n) is 9.61. The van der Waals surface area contributed by atoms with E-state index in [4.69, 9.17) is 11.6 Å². The zero-order valence-corrected chi connectivity index (χ0v) is 17.2. The van der Waals surface area contributed by atoms with Crippen molar-refractivity contribution in [1.29, 1.82) is 0 Å². The van der Waals surface area contributed by atoms with E-state index in [0.29, 0.717) is 22.7 Å². The number of hydrogen-bond donors (Lipinski definition) is 2. The number of rotatable bonds is 4. The minimum absolute atomic E-state index is 0.294. The molecule has 3 heterocycles. The van der Waals surface area contributed by atoms with Gasteiger partial charge in [0.15, 0.2) is 9.84 Å². The molecule has 1 aromatic heterocycles. The summed E-state index contributed by atoms with van der Waals surface area (Å²) in [6.07, 6.45) is 0.821. The third-order valence-electron chi connectivity index (χ3n) is 5.96. The quantitative estimate of drug-likeness (QED) is 0.701. The van der Waals surface area contributed by atoms with Crippen LogP contribution in [0, 0.1) is 6.92 Å². The first-order chi connectivity index (χ1) is 12.9. The van der Waals surface area contributed by atoms with Crippen LogP contribution in [0.25, 0.3) is 5.69 Å². The smallest absolute Gasteiger partial charge is 0.156 e. The predicted octanol–water partition coefficient (Wildman–Crippen LogP) is -0.695. The fraction of sp³-hybridized carbons (Fsp3) is 0.526. The first kappa shape index (κ1) is 18.9. The first-order valence-corrected chi connectivity index (χ1v) is 11.8. The van der Waals surface area contributed by atoms with Crippen molar-refractivity contribution in [2.75, 3.05) is 37.7 Å². The van der Waals surface area contributed by atoms with Gasteiger partial charge < -0.3 is 9.80 Å². The van der Waals surface area contributed by atoms with Crippen LogP contribution in [0.1, 0.15) is 17.7 Å². The van der Waals surface area contributed by atoms with Gasteiger partial charge in [-0.2, -0.15) is 5.10 Å². The lowest BCUT2D eigenvalue weighted by Crippen LogP contribution is -3.29. The van der Waals surface area contributed by atoms with Crippen molar-refractivity contribution in [3.05, 3.63) is 46.7 Å². The summed E-state index contributed by atoms with van der Waals surface area (Å²) in [5.74, 6) is 0.734. The second-order valence-electron chi connectivity index (χ2n) is 7.79. The fourth-order valence-electron chi connectivity index (χ4n) is 4.35. The summed E-state index contributed by atoms with van der Waals surface area (Å²) >= 11 is 6.66. The number of nitrogens with one attached hydrogen (secondary N) is 2. The normalized spacial score (nSPS) is 27.7. The summed E-state index contributed by atoms with van der Waals surface area (Å²) in [5, 5.41) is 5.34. The number of quaternary nitrogens is 2. The van der Waals surface area contributed by atoms with E-state index in [-0.39, 0.29) is 0 Å². The summed E-state index contributed by atoms with van der Waals surface area (Å²) in [6, 6.07) is 10.3. The van der Waals surface area contributed by atoms with Crippen LogP contribution in [0.3, 0.4) is 0 Å². The summed E-state index contributed by atoms with van der Waals surface area (Å²) in [5.41, 5.74) is 3.07. The second-order valence-corrected chi connectivity index (χ2v) is 10.4. The third-order valence-corrected chi connectivity index (χ3v) is 8.11. The Bertz CT molecular complexity index is 905. The van der Waals surface area contributed by atoms with E-state index in [9.17, 15) is 8.42 Å². The van der Waals surface area contributed by atoms with E-state index in [1.807, 2.05) is 41.9 Å². The monoisotopic (exact) mass is 410 g/mol. The Labute approximate surface area is 165 Å². The van der Waals surface area contributed by atoms with E-state index in [2.05, 4.69) is 5.10 Å². The molecule has 1 atom stereocenters. The van der Waals surface area contributed by atoms with E-state index < -0.39 is 9.84 Å². The van der Waals surface area contributed by atoms with E-state index in [1.165, 1.54) is 9.80 Å². The number of piperazine rings is 1. The largest absolute Gasteiger partial charge is 0.322 e. The molecule has 0 saturated carbocycles. The molecule has 0 radical (unpaired) electrons. The molecule has 0 aliphatic carbocycles. The van der Waals surface area contributed by atoms with Crippen molar-refractivity contribution in [1.82, 2.24) is 9.78 Å². The number of hydrogen-bond acceptors (Lipinski definition) is 3. The third kappa shape index (κ3) is 4.06. The van der Waals surface area contributed by atoms with Crippen molar-refractivity contribution in [3.63, 3.8) is 0 Å². The number of para-hydroxylation sites is 1. The van der Waals surface area contributed by atoms with Gasteiger partial charge in [-0.3, -0.25) is 0 Å². The molecule has 2 N–H and O–H groups in total. The maximum Gasteiger partial charge on any atom is 0.156 e. The SMILES string of the molecule is Cc1nn(-c2ccccc2)c(Cl)c1C[NH+]1CC[NH+]([C@@H]2CCS(=O)(=O)C2)CC1. The molecule has 0 amide bonds. The van der Waals surface area contributed by atoms with Gasteiger partial charge in [0.25, 0.3) is 0 Å². The molecule has 1 aromatic carbocycles. The Morgan fingerprint density at radius 1 is 1.19 bits per heavy atom. The highest BCUT2D eigenvalue weighted by Crippen LogP contribution is 2.22. The van der Waals surface area contributed by atoms with Crippen LogP contribution in [0.4, 0.5) is 0 Å². The van der Waals surface area contributed by atoms with Gasteiger partial charge in [-0.25, -0.2) is 13.1 Å². The fourth-order valence-corrected chi connectivity index (χ4v) is 6.51. The van der Waals surface area contributed by atoms with Crippen molar-refractivity contribution in [3.8, 4) is 5.69 Å². The van der Waals surface area contributed by atoms with Gasteiger partial charge in [-0.1, -0.05) is 29.8 Å². The van der Waals surface area contributed by atoms with E-state index >= 15 is 0 Å². The minimum atomic E-state index is -2.80. The molecule has 2 aliphatic heterocycles. The lowest BCUT2D eigenvalue weighted by molar-refractivity contribution is -1.03. The van der Waals surface area contributed by atoms with Gasteiger partial charge >= 0.3 is 0 Å². The average Bonchev–Trinajstić information content (AvgIpc) is 3.17. The van der Waals surface area contributed by atoms with E-state index in [1.54, 1.807) is 0 Å². The molecule has 27 heavy (non-hydrogen) atoms. The zero-order valence-electron chi connectivity index (χ0n) is 15.6. The molecule has 0 bridgehead atoms. The standard InChI is InChI=1S/C19H25ClN4O2S/c1-15-18(19(20)24(21-15)16-5-3-2-4-6-16)13-22-8-10-23(11-9-22)17-7-12-27(25,26)14-17/h2-6,17H,7-14H2,1H3/p+2/t17-/m1/s1. The summed E-state index contributed by atoms with van der Waals surface area (Å²) in [7, 11) is -2.80. The molecule has 2 saturated heterocycles. The average molecular weight is 411 g/mol. The molecule has 2 aromatic rings. The Kier molecular flexibility index (Phi) is 5.29. The lowest BCUT2D eigenvalue weighted by Gasteiger charge is -2.32. The van der Waals surface area contributed by atoms with Crippen LogP contribution in [0.2, 0.25) is 5.15 Å². The summed E-state index contributed by atoms with van der Waals surface area (Å²) in [6.45, 7) is 7.02. The van der Waals surface area contributed by atoms with Crippen LogP contribution >= 0.6 is 11.6 Å². The molecular weight excluding hydrogens is 384 g/mol. The van der Waals surface area contributed by atoms with Gasteiger partial charge in [-0.15, -0.1) is 0 Å². The zero-order chi connectivity index (χ0) is 19.0. The number of benzene rings is 1. The van der Waals surface area contributed by atoms with Crippen LogP contribution in [0.5, 0.6) is 0 Å². The maximum absolute atomic E-state index is 11.7. The predicted molar refractivity (Wildman–Crippen MR) is 105 cm³/mol. The maximum atomic E-state index is 11.7.